The lowest BCUT2D eigenvalue weighted by Gasteiger charge is -1.90. The van der Waals surface area contributed by atoms with E-state index in [0.717, 1.165) is 18.8 Å². The van der Waals surface area contributed by atoms with Crippen molar-refractivity contribution < 1.29 is 17.0 Å². The van der Waals surface area contributed by atoms with Crippen LogP contribution in [0.3, 0.4) is 0 Å². The van der Waals surface area contributed by atoms with E-state index in [2.05, 4.69) is 46.7 Å². The predicted octanol–water partition coefficient (Wildman–Crippen LogP) is 1.20. The number of aryl methyl sites for hydroxylation is 3. The van der Waals surface area contributed by atoms with Gasteiger partial charge in [0.2, 0.25) is 6.33 Å². The molecule has 0 saturated carbocycles. The molecule has 0 aromatic carbocycles. The fourth-order valence-electron chi connectivity index (χ4n) is 1.43. The number of aromatic nitrogens is 4. The molecule has 0 unspecified atom stereocenters. The van der Waals surface area contributed by atoms with Gasteiger partial charge in [-0.15, -0.1) is 11.6 Å². The molecule has 4 nitrogen and oxygen atoms in total. The van der Waals surface area contributed by atoms with Gasteiger partial charge >= 0.3 is 0 Å². The fourth-order valence-corrected chi connectivity index (χ4v) is 1.70. The Kier molecular flexibility index (Phi) is 22.3. The molecule has 0 aliphatic heterocycles. The number of alkyl halides is 1. The highest BCUT2D eigenvalue weighted by Gasteiger charge is 1.96. The average Bonchev–Trinajstić information content (AvgIpc) is 3.10. The van der Waals surface area contributed by atoms with Crippen LogP contribution in [0.2, 0.25) is 0 Å². The summed E-state index contributed by atoms with van der Waals surface area (Å²) in [6.07, 6.45) is 16.6. The lowest BCUT2D eigenvalue weighted by atomic mass is 10.3. The molecule has 0 saturated heterocycles. The molecule has 0 amide bonds. The van der Waals surface area contributed by atoms with Crippen LogP contribution in [-0.4, -0.2) is 20.0 Å². The second-order valence-corrected chi connectivity index (χ2v) is 5.32. The van der Waals surface area contributed by atoms with Crippen molar-refractivity contribution in [3.05, 3.63) is 37.4 Å². The van der Waals surface area contributed by atoms with Gasteiger partial charge in [-0.25, -0.2) is 14.1 Å². The Hall–Kier alpha value is -1.00. The summed E-state index contributed by atoms with van der Waals surface area (Å²) >= 11 is 5.30. The standard InChI is InChI=1S/C8H15N2.C4H9Cl.C4H6N2.CH4.ClH/c1-3-4-5-10-7-6-9(2)8-10;1-2-3-4-5;1-6-3-2-5-4-6;;/h6-8H,3-5H2,1-2H3;2-4H2,1H3;2-4H,1H3;1H4;1H/q+1;;;;/p-1. The minimum Gasteiger partial charge on any atom is -1.00 e. The molecule has 0 radical (unpaired) electrons. The highest BCUT2D eigenvalue weighted by molar-refractivity contribution is 6.17. The molecular formula is C17H34Cl2N4. The van der Waals surface area contributed by atoms with Gasteiger partial charge in [0.15, 0.2) is 0 Å². The predicted molar refractivity (Wildman–Crippen MR) is 96.1 cm³/mol. The molecule has 2 aromatic heterocycles. The average molecular weight is 365 g/mol. The van der Waals surface area contributed by atoms with E-state index < -0.39 is 0 Å². The number of hydrogen-bond acceptors (Lipinski definition) is 1. The van der Waals surface area contributed by atoms with Gasteiger partial charge in [-0.3, -0.25) is 0 Å². The van der Waals surface area contributed by atoms with E-state index in [4.69, 9.17) is 11.6 Å². The van der Waals surface area contributed by atoms with Gasteiger partial charge in [-0.05, 0) is 12.8 Å². The van der Waals surface area contributed by atoms with Crippen LogP contribution in [0.25, 0.3) is 0 Å². The minimum absolute atomic E-state index is 0. The summed E-state index contributed by atoms with van der Waals surface area (Å²) in [5.41, 5.74) is 0. The van der Waals surface area contributed by atoms with E-state index >= 15 is 0 Å². The van der Waals surface area contributed by atoms with Crippen LogP contribution in [0, 0.1) is 0 Å². The van der Waals surface area contributed by atoms with Crippen molar-refractivity contribution in [2.45, 2.75) is 53.5 Å². The van der Waals surface area contributed by atoms with E-state index in [1.54, 1.807) is 12.5 Å². The molecule has 23 heavy (non-hydrogen) atoms. The molecule has 2 aromatic rings. The Labute approximate surface area is 153 Å². The maximum atomic E-state index is 5.30. The van der Waals surface area contributed by atoms with Crippen molar-refractivity contribution in [1.29, 1.82) is 0 Å². The van der Waals surface area contributed by atoms with Crippen LogP contribution in [0.4, 0.5) is 0 Å². The molecule has 0 aliphatic carbocycles. The van der Waals surface area contributed by atoms with Crippen LogP contribution >= 0.6 is 11.6 Å². The van der Waals surface area contributed by atoms with E-state index in [-0.39, 0.29) is 19.8 Å². The number of unbranched alkanes of at least 4 members (excludes halogenated alkanes) is 2. The number of nitrogens with zero attached hydrogens (tertiary/aromatic N) is 4. The first-order chi connectivity index (χ1) is 10.1. The fraction of sp³-hybridized carbons (Fsp3) is 0.647. The third-order valence-corrected chi connectivity index (χ3v) is 2.98. The molecule has 0 atom stereocenters. The second kappa shape index (κ2) is 19.0. The van der Waals surface area contributed by atoms with Crippen LogP contribution in [0.1, 0.15) is 47.0 Å². The zero-order chi connectivity index (χ0) is 15.9. The Bertz CT molecular complexity index is 425. The molecule has 0 aliphatic rings. The molecule has 2 heterocycles. The quantitative estimate of drug-likeness (QED) is 0.578. The number of rotatable bonds is 5. The first kappa shape index (κ1) is 26.9. The second-order valence-electron chi connectivity index (χ2n) is 4.94. The molecule has 136 valence electrons. The van der Waals surface area contributed by atoms with Crippen LogP contribution < -0.4 is 17.0 Å². The number of halogens is 2. The maximum Gasteiger partial charge on any atom is 0.243 e. The Morgan fingerprint density at radius 2 is 1.78 bits per heavy atom. The zero-order valence-electron chi connectivity index (χ0n) is 14.3. The first-order valence-electron chi connectivity index (χ1n) is 7.62. The number of hydrogen-bond donors (Lipinski definition) is 0. The largest absolute Gasteiger partial charge is 1.00 e. The van der Waals surface area contributed by atoms with Gasteiger partial charge in [0, 0.05) is 25.3 Å². The first-order valence-corrected chi connectivity index (χ1v) is 8.16. The summed E-state index contributed by atoms with van der Waals surface area (Å²) in [4.78, 5) is 3.78. The van der Waals surface area contributed by atoms with Gasteiger partial charge in [0.05, 0.1) is 19.9 Å². The van der Waals surface area contributed by atoms with Gasteiger partial charge in [-0.2, -0.15) is 0 Å². The normalized spacial score (nSPS) is 8.57. The smallest absolute Gasteiger partial charge is 0.243 e. The third-order valence-electron chi connectivity index (χ3n) is 2.72. The van der Waals surface area contributed by atoms with Gasteiger partial charge in [0.25, 0.3) is 0 Å². The molecule has 2 rings (SSSR count). The molecule has 0 bridgehead atoms. The topological polar surface area (TPSA) is 26.6 Å². The van der Waals surface area contributed by atoms with Crippen molar-refractivity contribution in [2.24, 2.45) is 14.1 Å². The summed E-state index contributed by atoms with van der Waals surface area (Å²) in [5.74, 6) is 0.816. The van der Waals surface area contributed by atoms with E-state index in [0.29, 0.717) is 0 Å². The van der Waals surface area contributed by atoms with Gasteiger partial charge in [-0.1, -0.05) is 34.1 Å². The Balaban J connectivity index is -0.000000269. The number of imidazole rings is 2. The summed E-state index contributed by atoms with van der Waals surface area (Å²) in [6.45, 7) is 5.49. The van der Waals surface area contributed by atoms with Crippen molar-refractivity contribution in [3.8, 4) is 0 Å². The molecular weight excluding hydrogens is 331 g/mol. The highest BCUT2D eigenvalue weighted by atomic mass is 35.5. The molecule has 0 N–H and O–H groups in total. The summed E-state index contributed by atoms with van der Waals surface area (Å²) in [5, 5.41) is 0. The van der Waals surface area contributed by atoms with Crippen molar-refractivity contribution in [2.75, 3.05) is 5.88 Å². The maximum absolute atomic E-state index is 5.30. The van der Waals surface area contributed by atoms with E-state index in [1.807, 2.05) is 24.9 Å². The van der Waals surface area contributed by atoms with Crippen LogP contribution in [0.5, 0.6) is 0 Å². The van der Waals surface area contributed by atoms with E-state index in [9.17, 15) is 0 Å². The minimum atomic E-state index is 0. The van der Waals surface area contributed by atoms with Crippen LogP contribution in [0.15, 0.2) is 37.4 Å². The Morgan fingerprint density at radius 1 is 1.13 bits per heavy atom. The van der Waals surface area contributed by atoms with Crippen molar-refractivity contribution in [1.82, 2.24) is 14.1 Å². The summed E-state index contributed by atoms with van der Waals surface area (Å²) in [7, 11) is 3.98. The van der Waals surface area contributed by atoms with Crippen LogP contribution in [-0.2, 0) is 20.6 Å². The van der Waals surface area contributed by atoms with Gasteiger partial charge < -0.3 is 17.0 Å². The SMILES string of the molecule is C.CCCCCl.CCCCn1cc[n+](C)c1.Cn1ccnc1.[Cl-]. The highest BCUT2D eigenvalue weighted by Crippen LogP contribution is 1.91. The van der Waals surface area contributed by atoms with Crippen molar-refractivity contribution in [3.63, 3.8) is 0 Å². The lowest BCUT2D eigenvalue weighted by Crippen LogP contribution is -3.00. The monoisotopic (exact) mass is 364 g/mol. The lowest BCUT2D eigenvalue weighted by molar-refractivity contribution is -0.671. The summed E-state index contributed by atoms with van der Waals surface area (Å²) in [6, 6.07) is 0. The molecule has 0 spiro atoms. The molecule has 0 fully saturated rings. The zero-order valence-corrected chi connectivity index (χ0v) is 15.8. The van der Waals surface area contributed by atoms with Crippen molar-refractivity contribution >= 4 is 11.6 Å². The van der Waals surface area contributed by atoms with E-state index in [1.165, 1.54) is 19.3 Å². The third kappa shape index (κ3) is 17.2. The molecule has 6 heteroatoms. The summed E-state index contributed by atoms with van der Waals surface area (Å²) < 4.78 is 6.17. The Morgan fingerprint density at radius 3 is 2.04 bits per heavy atom. The van der Waals surface area contributed by atoms with Gasteiger partial charge in [0.1, 0.15) is 12.4 Å².